The average Bonchev–Trinajstić information content (AvgIpc) is 2.16. The van der Waals surface area contributed by atoms with Crippen LogP contribution < -0.4 is 0 Å². The highest BCUT2D eigenvalue weighted by atomic mass is 16.5. The lowest BCUT2D eigenvalue weighted by Crippen LogP contribution is -2.38. The standard InChI is InChI=1S/C18H36O.CH4/c1-13-9-10-15(14(2)12-17(3,4)5)11-16(13)19-18(6,7)8;/h13-16H,9-12H2,1-8H3;1H4/t13-,14+,15?,16?;/m0./s1. The molecule has 1 saturated carbocycles. The van der Waals surface area contributed by atoms with E-state index in [-0.39, 0.29) is 13.0 Å². The summed E-state index contributed by atoms with van der Waals surface area (Å²) in [5.74, 6) is 2.39. The molecular formula is C19H40O. The predicted octanol–water partition coefficient (Wildman–Crippen LogP) is 6.31. The highest BCUT2D eigenvalue weighted by Crippen LogP contribution is 2.40. The summed E-state index contributed by atoms with van der Waals surface area (Å²) in [5, 5.41) is 0. The molecule has 2 unspecified atom stereocenters. The van der Waals surface area contributed by atoms with E-state index in [1.165, 1.54) is 25.7 Å². The summed E-state index contributed by atoms with van der Waals surface area (Å²) in [7, 11) is 0. The Morgan fingerprint density at radius 2 is 1.60 bits per heavy atom. The van der Waals surface area contributed by atoms with E-state index in [1.54, 1.807) is 0 Å². The Balaban J connectivity index is 0.00000361. The first-order chi connectivity index (χ1) is 8.48. The van der Waals surface area contributed by atoms with E-state index in [1.807, 2.05) is 0 Å². The van der Waals surface area contributed by atoms with E-state index >= 15 is 0 Å². The zero-order valence-corrected chi connectivity index (χ0v) is 14.5. The van der Waals surface area contributed by atoms with E-state index in [0.29, 0.717) is 11.5 Å². The van der Waals surface area contributed by atoms with Crippen molar-refractivity contribution in [1.82, 2.24) is 0 Å². The van der Waals surface area contributed by atoms with Crippen LogP contribution in [0.15, 0.2) is 0 Å². The van der Waals surface area contributed by atoms with E-state index in [0.717, 1.165) is 17.8 Å². The van der Waals surface area contributed by atoms with Crippen LogP contribution in [0.5, 0.6) is 0 Å². The second-order valence-electron chi connectivity index (χ2n) is 9.06. The molecule has 1 aliphatic rings. The zero-order chi connectivity index (χ0) is 14.8. The fourth-order valence-corrected chi connectivity index (χ4v) is 3.58. The third-order valence-corrected chi connectivity index (χ3v) is 4.41. The van der Waals surface area contributed by atoms with Gasteiger partial charge in [-0.05, 0) is 69.6 Å². The van der Waals surface area contributed by atoms with Crippen molar-refractivity contribution in [3.8, 4) is 0 Å². The minimum atomic E-state index is -0.00587. The number of rotatable bonds is 3. The SMILES string of the molecule is C.C[C@H](CC(C)(C)C)C1CC[C@H](C)C(OC(C)(C)C)C1. The van der Waals surface area contributed by atoms with E-state index in [2.05, 4.69) is 55.4 Å². The molecule has 0 heterocycles. The molecule has 1 fully saturated rings. The lowest BCUT2D eigenvalue weighted by molar-refractivity contribution is -0.108. The number of hydrogen-bond donors (Lipinski definition) is 0. The topological polar surface area (TPSA) is 9.23 Å². The third-order valence-electron chi connectivity index (χ3n) is 4.41. The summed E-state index contributed by atoms with van der Waals surface area (Å²) in [6.45, 7) is 18.4. The molecule has 0 spiro atoms. The molecule has 0 aromatic carbocycles. The smallest absolute Gasteiger partial charge is 0.0610 e. The molecule has 0 radical (unpaired) electrons. The van der Waals surface area contributed by atoms with E-state index < -0.39 is 0 Å². The van der Waals surface area contributed by atoms with Gasteiger partial charge in [-0.15, -0.1) is 0 Å². The first-order valence-electron chi connectivity index (χ1n) is 8.16. The molecule has 0 aliphatic heterocycles. The fraction of sp³-hybridized carbons (Fsp3) is 1.00. The van der Waals surface area contributed by atoms with Crippen molar-refractivity contribution in [3.63, 3.8) is 0 Å². The highest BCUT2D eigenvalue weighted by Gasteiger charge is 2.34. The van der Waals surface area contributed by atoms with Gasteiger partial charge in [0.05, 0.1) is 11.7 Å². The monoisotopic (exact) mass is 284 g/mol. The normalized spacial score (nSPS) is 29.7. The molecule has 1 rings (SSSR count). The van der Waals surface area contributed by atoms with Crippen molar-refractivity contribution in [3.05, 3.63) is 0 Å². The van der Waals surface area contributed by atoms with Gasteiger partial charge in [0, 0.05) is 0 Å². The minimum Gasteiger partial charge on any atom is -0.372 e. The molecule has 4 atom stereocenters. The lowest BCUT2D eigenvalue weighted by Gasteiger charge is -2.41. The van der Waals surface area contributed by atoms with Gasteiger partial charge in [0.1, 0.15) is 0 Å². The Kier molecular flexibility index (Phi) is 7.28. The summed E-state index contributed by atoms with van der Waals surface area (Å²) in [6.07, 6.45) is 5.77. The Labute approximate surface area is 128 Å². The van der Waals surface area contributed by atoms with E-state index in [9.17, 15) is 0 Å². The molecule has 0 N–H and O–H groups in total. The molecular weight excluding hydrogens is 244 g/mol. The van der Waals surface area contributed by atoms with Crippen LogP contribution in [0.25, 0.3) is 0 Å². The Morgan fingerprint density at radius 3 is 2.05 bits per heavy atom. The van der Waals surface area contributed by atoms with Gasteiger partial charge in [-0.25, -0.2) is 0 Å². The van der Waals surface area contributed by atoms with Crippen molar-refractivity contribution in [2.45, 2.75) is 100 Å². The van der Waals surface area contributed by atoms with Crippen molar-refractivity contribution in [2.24, 2.45) is 23.2 Å². The summed E-state index contributed by atoms with van der Waals surface area (Å²) < 4.78 is 6.30. The van der Waals surface area contributed by atoms with Crippen molar-refractivity contribution >= 4 is 0 Å². The third kappa shape index (κ3) is 7.11. The van der Waals surface area contributed by atoms with Crippen LogP contribution in [-0.2, 0) is 4.74 Å². The van der Waals surface area contributed by atoms with E-state index in [4.69, 9.17) is 4.74 Å². The van der Waals surface area contributed by atoms with Gasteiger partial charge in [-0.1, -0.05) is 42.0 Å². The van der Waals surface area contributed by atoms with Gasteiger partial charge in [0.25, 0.3) is 0 Å². The first-order valence-corrected chi connectivity index (χ1v) is 8.16. The van der Waals surface area contributed by atoms with Crippen LogP contribution in [-0.4, -0.2) is 11.7 Å². The van der Waals surface area contributed by atoms with Crippen LogP contribution in [0.2, 0.25) is 0 Å². The maximum absolute atomic E-state index is 6.30. The van der Waals surface area contributed by atoms with Gasteiger partial charge in [0.2, 0.25) is 0 Å². The summed E-state index contributed by atoms with van der Waals surface area (Å²) in [6, 6.07) is 0. The average molecular weight is 285 g/mol. The maximum atomic E-state index is 6.30. The molecule has 1 aliphatic carbocycles. The van der Waals surface area contributed by atoms with Crippen molar-refractivity contribution in [2.75, 3.05) is 0 Å². The fourth-order valence-electron chi connectivity index (χ4n) is 3.58. The second-order valence-corrected chi connectivity index (χ2v) is 9.06. The molecule has 0 aromatic rings. The zero-order valence-electron chi connectivity index (χ0n) is 14.5. The van der Waals surface area contributed by atoms with Crippen LogP contribution in [0.3, 0.4) is 0 Å². The Hall–Kier alpha value is -0.0400. The molecule has 1 nitrogen and oxygen atoms in total. The summed E-state index contributed by atoms with van der Waals surface area (Å²) >= 11 is 0. The lowest BCUT2D eigenvalue weighted by atomic mass is 9.71. The summed E-state index contributed by atoms with van der Waals surface area (Å²) in [4.78, 5) is 0. The molecule has 20 heavy (non-hydrogen) atoms. The second kappa shape index (κ2) is 7.29. The van der Waals surface area contributed by atoms with Crippen LogP contribution >= 0.6 is 0 Å². The summed E-state index contributed by atoms with van der Waals surface area (Å²) in [5.41, 5.74) is 0.441. The quantitative estimate of drug-likeness (QED) is 0.589. The molecule has 0 saturated heterocycles. The van der Waals surface area contributed by atoms with Gasteiger partial charge in [-0.3, -0.25) is 0 Å². The minimum absolute atomic E-state index is 0. The number of ether oxygens (including phenoxy) is 1. The molecule has 1 heteroatoms. The maximum Gasteiger partial charge on any atom is 0.0610 e. The molecule has 122 valence electrons. The molecule has 0 aromatic heterocycles. The van der Waals surface area contributed by atoms with Gasteiger partial charge in [-0.2, -0.15) is 0 Å². The Morgan fingerprint density at radius 1 is 1.05 bits per heavy atom. The van der Waals surface area contributed by atoms with Crippen LogP contribution in [0.1, 0.15) is 88.5 Å². The number of hydrogen-bond acceptors (Lipinski definition) is 1. The van der Waals surface area contributed by atoms with Gasteiger partial charge >= 0.3 is 0 Å². The molecule has 0 amide bonds. The van der Waals surface area contributed by atoms with Crippen LogP contribution in [0, 0.1) is 23.2 Å². The largest absolute Gasteiger partial charge is 0.372 e. The molecule has 0 bridgehead atoms. The van der Waals surface area contributed by atoms with Crippen molar-refractivity contribution < 1.29 is 4.74 Å². The van der Waals surface area contributed by atoms with Crippen LogP contribution in [0.4, 0.5) is 0 Å². The van der Waals surface area contributed by atoms with Crippen molar-refractivity contribution in [1.29, 1.82) is 0 Å². The van der Waals surface area contributed by atoms with Gasteiger partial charge < -0.3 is 4.74 Å². The Bertz CT molecular complexity index is 268. The van der Waals surface area contributed by atoms with Gasteiger partial charge in [0.15, 0.2) is 0 Å². The highest BCUT2D eigenvalue weighted by molar-refractivity contribution is 4.84. The predicted molar refractivity (Wildman–Crippen MR) is 91.1 cm³/mol. The first kappa shape index (κ1) is 20.0.